The zero-order valence-electron chi connectivity index (χ0n) is 9.68. The van der Waals surface area contributed by atoms with Crippen LogP contribution in [0.2, 0.25) is 0 Å². The van der Waals surface area contributed by atoms with E-state index in [1.54, 1.807) is 0 Å². The molecule has 0 saturated carbocycles. The van der Waals surface area contributed by atoms with Gasteiger partial charge in [-0.05, 0) is 18.8 Å². The summed E-state index contributed by atoms with van der Waals surface area (Å²) in [6.45, 7) is 7.57. The third kappa shape index (κ3) is 5.97. The molecule has 0 heterocycles. The monoisotopic (exact) mass is 200 g/mol. The maximum atomic E-state index is 11.6. The molecule has 0 bridgehead atoms. The number of hydrogen-bond acceptors (Lipinski definition) is 2. The van der Waals surface area contributed by atoms with E-state index in [0.717, 1.165) is 25.8 Å². The lowest BCUT2D eigenvalue weighted by Gasteiger charge is -2.16. The molecule has 0 aliphatic heterocycles. The van der Waals surface area contributed by atoms with Crippen LogP contribution in [0.15, 0.2) is 0 Å². The normalized spacial score (nSPS) is 12.9. The van der Waals surface area contributed by atoms with Crippen LogP contribution in [-0.2, 0) is 4.79 Å². The molecule has 3 nitrogen and oxygen atoms in total. The van der Waals surface area contributed by atoms with E-state index in [1.807, 2.05) is 0 Å². The first kappa shape index (κ1) is 13.4. The fourth-order valence-electron chi connectivity index (χ4n) is 1.41. The van der Waals surface area contributed by atoms with Gasteiger partial charge in [0.2, 0.25) is 5.91 Å². The molecule has 0 aliphatic rings. The van der Waals surface area contributed by atoms with E-state index in [9.17, 15) is 4.79 Å². The van der Waals surface area contributed by atoms with Gasteiger partial charge in [-0.15, -0.1) is 0 Å². The van der Waals surface area contributed by atoms with Gasteiger partial charge in [0, 0.05) is 13.1 Å². The standard InChI is InChI=1S/C11H24N2O/c1-4-5-6-13-11(14)10(8-12)7-9(2)3/h9-10H,4-8,12H2,1-3H3,(H,13,14). The quantitative estimate of drug-likeness (QED) is 0.612. The van der Waals surface area contributed by atoms with E-state index in [-0.39, 0.29) is 11.8 Å². The maximum absolute atomic E-state index is 11.6. The minimum Gasteiger partial charge on any atom is -0.356 e. The molecule has 14 heavy (non-hydrogen) atoms. The second kappa shape index (κ2) is 7.80. The highest BCUT2D eigenvalue weighted by molar-refractivity contribution is 5.78. The molecule has 0 aromatic heterocycles. The molecule has 0 radical (unpaired) electrons. The average Bonchev–Trinajstić information content (AvgIpc) is 2.14. The van der Waals surface area contributed by atoms with Crippen LogP contribution >= 0.6 is 0 Å². The van der Waals surface area contributed by atoms with Gasteiger partial charge in [0.05, 0.1) is 5.92 Å². The molecule has 0 spiro atoms. The first-order chi connectivity index (χ1) is 6.61. The van der Waals surface area contributed by atoms with E-state index in [2.05, 4.69) is 26.1 Å². The molecule has 0 rings (SSSR count). The number of unbranched alkanes of at least 4 members (excludes halogenated alkanes) is 1. The molecule has 0 fully saturated rings. The van der Waals surface area contributed by atoms with Crippen LogP contribution in [0.5, 0.6) is 0 Å². The summed E-state index contributed by atoms with van der Waals surface area (Å²) in [5.41, 5.74) is 5.57. The summed E-state index contributed by atoms with van der Waals surface area (Å²) in [4.78, 5) is 11.6. The Morgan fingerprint density at radius 2 is 2.07 bits per heavy atom. The Morgan fingerprint density at radius 3 is 2.50 bits per heavy atom. The average molecular weight is 200 g/mol. The van der Waals surface area contributed by atoms with Crippen LogP contribution in [-0.4, -0.2) is 19.0 Å². The number of carbonyl (C=O) groups is 1. The van der Waals surface area contributed by atoms with Gasteiger partial charge in [-0.3, -0.25) is 4.79 Å². The molecular formula is C11H24N2O. The summed E-state index contributed by atoms with van der Waals surface area (Å²) in [5, 5.41) is 2.92. The first-order valence-electron chi connectivity index (χ1n) is 5.59. The topological polar surface area (TPSA) is 55.1 Å². The Bertz CT molecular complexity index is 157. The van der Waals surface area contributed by atoms with Crippen molar-refractivity contribution in [3.05, 3.63) is 0 Å². The van der Waals surface area contributed by atoms with Gasteiger partial charge in [-0.1, -0.05) is 27.2 Å². The predicted octanol–water partition coefficient (Wildman–Crippen LogP) is 1.52. The SMILES string of the molecule is CCCCNC(=O)C(CN)CC(C)C. The van der Waals surface area contributed by atoms with Crippen molar-refractivity contribution in [2.75, 3.05) is 13.1 Å². The van der Waals surface area contributed by atoms with E-state index in [1.165, 1.54) is 0 Å². The number of hydrogen-bond donors (Lipinski definition) is 2. The van der Waals surface area contributed by atoms with Crippen LogP contribution in [0.1, 0.15) is 40.0 Å². The van der Waals surface area contributed by atoms with Crippen LogP contribution in [0.3, 0.4) is 0 Å². The third-order valence-corrected chi connectivity index (χ3v) is 2.24. The van der Waals surface area contributed by atoms with Crippen molar-refractivity contribution in [1.82, 2.24) is 5.32 Å². The minimum absolute atomic E-state index is 0.00754. The summed E-state index contributed by atoms with van der Waals surface area (Å²) in [6.07, 6.45) is 3.04. The van der Waals surface area contributed by atoms with Crippen molar-refractivity contribution in [3.63, 3.8) is 0 Å². The lowest BCUT2D eigenvalue weighted by Crippen LogP contribution is -2.36. The Hall–Kier alpha value is -0.570. The molecule has 3 heteroatoms. The van der Waals surface area contributed by atoms with Crippen molar-refractivity contribution in [2.45, 2.75) is 40.0 Å². The van der Waals surface area contributed by atoms with E-state index in [0.29, 0.717) is 12.5 Å². The van der Waals surface area contributed by atoms with Crippen molar-refractivity contribution in [1.29, 1.82) is 0 Å². The lowest BCUT2D eigenvalue weighted by molar-refractivity contribution is -0.125. The van der Waals surface area contributed by atoms with Gasteiger partial charge in [0.15, 0.2) is 0 Å². The minimum atomic E-state index is -0.00754. The van der Waals surface area contributed by atoms with Crippen LogP contribution in [0.4, 0.5) is 0 Å². The summed E-state index contributed by atoms with van der Waals surface area (Å²) < 4.78 is 0. The summed E-state index contributed by atoms with van der Waals surface area (Å²) >= 11 is 0. The molecular weight excluding hydrogens is 176 g/mol. The largest absolute Gasteiger partial charge is 0.356 e. The smallest absolute Gasteiger partial charge is 0.224 e. The zero-order valence-corrected chi connectivity index (χ0v) is 9.68. The summed E-state index contributed by atoms with van der Waals surface area (Å²) in [7, 11) is 0. The highest BCUT2D eigenvalue weighted by Crippen LogP contribution is 2.10. The van der Waals surface area contributed by atoms with E-state index in [4.69, 9.17) is 5.73 Å². The fourth-order valence-corrected chi connectivity index (χ4v) is 1.41. The first-order valence-corrected chi connectivity index (χ1v) is 5.59. The number of nitrogens with one attached hydrogen (secondary N) is 1. The highest BCUT2D eigenvalue weighted by Gasteiger charge is 2.17. The maximum Gasteiger partial charge on any atom is 0.224 e. The van der Waals surface area contributed by atoms with Crippen molar-refractivity contribution < 1.29 is 4.79 Å². The van der Waals surface area contributed by atoms with Gasteiger partial charge < -0.3 is 11.1 Å². The van der Waals surface area contributed by atoms with Crippen molar-refractivity contribution in [2.24, 2.45) is 17.6 Å². The van der Waals surface area contributed by atoms with Gasteiger partial charge in [0.1, 0.15) is 0 Å². The zero-order chi connectivity index (χ0) is 11.0. The number of amides is 1. The van der Waals surface area contributed by atoms with Crippen LogP contribution in [0.25, 0.3) is 0 Å². The predicted molar refractivity (Wildman–Crippen MR) is 59.9 cm³/mol. The Balaban J connectivity index is 3.79. The Kier molecular flexibility index (Phi) is 7.48. The fraction of sp³-hybridized carbons (Fsp3) is 0.909. The number of carbonyl (C=O) groups excluding carboxylic acids is 1. The summed E-state index contributed by atoms with van der Waals surface area (Å²) in [6, 6.07) is 0. The Labute approximate surface area is 87.4 Å². The van der Waals surface area contributed by atoms with E-state index < -0.39 is 0 Å². The molecule has 1 atom stereocenters. The molecule has 0 aromatic rings. The molecule has 1 unspecified atom stereocenters. The molecule has 3 N–H and O–H groups in total. The molecule has 0 saturated heterocycles. The Morgan fingerprint density at radius 1 is 1.43 bits per heavy atom. The van der Waals surface area contributed by atoms with Gasteiger partial charge in [-0.2, -0.15) is 0 Å². The van der Waals surface area contributed by atoms with Gasteiger partial charge in [-0.25, -0.2) is 0 Å². The second-order valence-electron chi connectivity index (χ2n) is 4.21. The number of nitrogens with two attached hydrogens (primary N) is 1. The third-order valence-electron chi connectivity index (χ3n) is 2.24. The van der Waals surface area contributed by atoms with Crippen molar-refractivity contribution in [3.8, 4) is 0 Å². The van der Waals surface area contributed by atoms with Gasteiger partial charge in [0.25, 0.3) is 0 Å². The molecule has 0 aliphatic carbocycles. The van der Waals surface area contributed by atoms with Crippen LogP contribution in [0, 0.1) is 11.8 Å². The van der Waals surface area contributed by atoms with Crippen molar-refractivity contribution >= 4 is 5.91 Å². The van der Waals surface area contributed by atoms with E-state index >= 15 is 0 Å². The van der Waals surface area contributed by atoms with Crippen LogP contribution < -0.4 is 11.1 Å². The highest BCUT2D eigenvalue weighted by atomic mass is 16.1. The second-order valence-corrected chi connectivity index (χ2v) is 4.21. The summed E-state index contributed by atoms with van der Waals surface area (Å²) in [5.74, 6) is 0.641. The lowest BCUT2D eigenvalue weighted by atomic mass is 9.96. The number of rotatable bonds is 7. The molecule has 0 aromatic carbocycles. The van der Waals surface area contributed by atoms with Gasteiger partial charge >= 0.3 is 0 Å². The molecule has 84 valence electrons. The molecule has 1 amide bonds.